The number of rotatable bonds is 3. The van der Waals surface area contributed by atoms with Crippen molar-refractivity contribution in [3.63, 3.8) is 0 Å². The monoisotopic (exact) mass is 312 g/mol. The summed E-state index contributed by atoms with van der Waals surface area (Å²) in [6.45, 7) is 0.527. The number of sulfonamides is 1. The minimum absolute atomic E-state index is 0.0596. The summed E-state index contributed by atoms with van der Waals surface area (Å²) in [5, 5.41) is 5.90. The van der Waals surface area contributed by atoms with Gasteiger partial charge < -0.3 is 5.73 Å². The second-order valence-electron chi connectivity index (χ2n) is 4.84. The lowest BCUT2D eigenvalue weighted by Crippen LogP contribution is -2.30. The summed E-state index contributed by atoms with van der Waals surface area (Å²) < 4.78 is 28.5. The van der Waals surface area contributed by atoms with E-state index in [1.54, 1.807) is 22.7 Å². The molecule has 20 heavy (non-hydrogen) atoms. The Labute approximate surface area is 121 Å². The van der Waals surface area contributed by atoms with E-state index >= 15 is 0 Å². The van der Waals surface area contributed by atoms with Gasteiger partial charge in [-0.2, -0.15) is 9.40 Å². The number of nitrogens with zero attached hydrogens (tertiary/aromatic N) is 3. The highest BCUT2D eigenvalue weighted by Gasteiger charge is 2.38. The first-order chi connectivity index (χ1) is 9.50. The van der Waals surface area contributed by atoms with Gasteiger partial charge in [0.25, 0.3) is 0 Å². The maximum Gasteiger partial charge on any atom is 0.248 e. The summed E-state index contributed by atoms with van der Waals surface area (Å²) in [6.07, 6.45) is 3.18. The van der Waals surface area contributed by atoms with Gasteiger partial charge in [-0.1, -0.05) is 6.07 Å². The molecule has 0 aliphatic carbocycles. The van der Waals surface area contributed by atoms with Gasteiger partial charge in [-0.3, -0.25) is 4.68 Å². The number of nitrogen functional groups attached to an aromatic ring is 1. The van der Waals surface area contributed by atoms with Crippen LogP contribution in [-0.2, 0) is 17.1 Å². The fourth-order valence-electron chi connectivity index (χ4n) is 2.60. The third-order valence-electron chi connectivity index (χ3n) is 3.48. The number of hydrogen-bond donors (Lipinski definition) is 1. The van der Waals surface area contributed by atoms with E-state index in [0.717, 1.165) is 17.7 Å². The van der Waals surface area contributed by atoms with Crippen LogP contribution < -0.4 is 5.73 Å². The first kappa shape index (κ1) is 13.6. The van der Waals surface area contributed by atoms with Crippen molar-refractivity contribution in [2.45, 2.75) is 23.8 Å². The number of aryl methyl sites for hydroxylation is 1. The number of hydrogen-bond acceptors (Lipinski definition) is 5. The molecular weight excluding hydrogens is 296 g/mol. The quantitative estimate of drug-likeness (QED) is 0.933. The predicted molar refractivity (Wildman–Crippen MR) is 77.8 cm³/mol. The number of anilines is 1. The Balaban J connectivity index is 2.00. The summed E-state index contributed by atoms with van der Waals surface area (Å²) in [4.78, 5) is 1.18. The van der Waals surface area contributed by atoms with Crippen LogP contribution in [0.15, 0.2) is 28.6 Å². The smallest absolute Gasteiger partial charge is 0.248 e. The SMILES string of the molecule is Cn1cc(S(=O)(=O)N2CCCC2c2cccs2)c(N)n1. The predicted octanol–water partition coefficient (Wildman–Crippen LogP) is 1.59. The molecule has 2 N–H and O–H groups in total. The topological polar surface area (TPSA) is 81.2 Å². The van der Waals surface area contributed by atoms with Gasteiger partial charge in [0.2, 0.25) is 10.0 Å². The van der Waals surface area contributed by atoms with Crippen LogP contribution in [0, 0.1) is 0 Å². The van der Waals surface area contributed by atoms with Crippen LogP contribution >= 0.6 is 11.3 Å². The first-order valence-electron chi connectivity index (χ1n) is 6.34. The van der Waals surface area contributed by atoms with E-state index < -0.39 is 10.0 Å². The van der Waals surface area contributed by atoms with Crippen molar-refractivity contribution in [3.05, 3.63) is 28.6 Å². The molecule has 1 saturated heterocycles. The van der Waals surface area contributed by atoms with Crippen molar-refractivity contribution in [2.75, 3.05) is 12.3 Å². The average Bonchev–Trinajstić information content (AvgIpc) is 3.06. The van der Waals surface area contributed by atoms with E-state index in [1.165, 1.54) is 10.9 Å². The van der Waals surface area contributed by atoms with E-state index in [-0.39, 0.29) is 16.8 Å². The van der Waals surface area contributed by atoms with Crippen LogP contribution in [0.3, 0.4) is 0 Å². The zero-order chi connectivity index (χ0) is 14.3. The van der Waals surface area contributed by atoms with Gasteiger partial charge in [-0.05, 0) is 24.3 Å². The molecule has 1 aliphatic heterocycles. The molecule has 0 spiro atoms. The lowest BCUT2D eigenvalue weighted by molar-refractivity contribution is 0.401. The van der Waals surface area contributed by atoms with Gasteiger partial charge in [0.05, 0.1) is 6.04 Å². The minimum atomic E-state index is -3.59. The molecule has 0 bridgehead atoms. The molecule has 8 heteroatoms. The zero-order valence-electron chi connectivity index (χ0n) is 11.1. The fraction of sp³-hybridized carbons (Fsp3) is 0.417. The van der Waals surface area contributed by atoms with Gasteiger partial charge in [0.15, 0.2) is 5.82 Å². The van der Waals surface area contributed by atoms with Crippen LogP contribution in [0.1, 0.15) is 23.8 Å². The van der Waals surface area contributed by atoms with E-state index in [1.807, 2.05) is 17.5 Å². The lowest BCUT2D eigenvalue weighted by atomic mass is 10.2. The second kappa shape index (κ2) is 4.87. The molecule has 0 amide bonds. The van der Waals surface area contributed by atoms with Gasteiger partial charge in [0.1, 0.15) is 4.90 Å². The zero-order valence-corrected chi connectivity index (χ0v) is 12.7. The molecule has 1 atom stereocenters. The lowest BCUT2D eigenvalue weighted by Gasteiger charge is -2.22. The van der Waals surface area contributed by atoms with Crippen molar-refractivity contribution in [3.8, 4) is 0 Å². The first-order valence-corrected chi connectivity index (χ1v) is 8.66. The van der Waals surface area contributed by atoms with E-state index in [0.29, 0.717) is 6.54 Å². The Morgan fingerprint density at radius 1 is 1.50 bits per heavy atom. The minimum Gasteiger partial charge on any atom is -0.381 e. The number of thiophene rings is 1. The standard InChI is InChI=1S/C12H16N4O2S2/c1-15-8-11(12(13)14-15)20(17,18)16-6-2-4-9(16)10-5-3-7-19-10/h3,5,7-9H,2,4,6H2,1H3,(H2,13,14). The Bertz CT molecular complexity index is 706. The Kier molecular flexibility index (Phi) is 3.31. The third-order valence-corrected chi connectivity index (χ3v) is 6.38. The molecule has 108 valence electrons. The number of aromatic nitrogens is 2. The van der Waals surface area contributed by atoms with Gasteiger partial charge >= 0.3 is 0 Å². The summed E-state index contributed by atoms with van der Waals surface area (Å²) in [5.74, 6) is 0.0596. The normalized spacial score (nSPS) is 20.6. The van der Waals surface area contributed by atoms with Crippen LogP contribution in [0.5, 0.6) is 0 Å². The van der Waals surface area contributed by atoms with Gasteiger partial charge in [-0.15, -0.1) is 11.3 Å². The molecule has 6 nitrogen and oxygen atoms in total. The molecule has 1 fully saturated rings. The molecule has 0 radical (unpaired) electrons. The summed E-state index contributed by atoms with van der Waals surface area (Å²) in [6, 6.07) is 3.84. The fourth-order valence-corrected chi connectivity index (χ4v) is 5.31. The van der Waals surface area contributed by atoms with Crippen molar-refractivity contribution in [1.82, 2.24) is 14.1 Å². The molecule has 3 heterocycles. The van der Waals surface area contributed by atoms with Crippen molar-refractivity contribution < 1.29 is 8.42 Å². The summed E-state index contributed by atoms with van der Waals surface area (Å²) in [5.41, 5.74) is 5.72. The molecule has 1 aliphatic rings. The van der Waals surface area contributed by atoms with E-state index in [4.69, 9.17) is 5.73 Å². The van der Waals surface area contributed by atoms with Crippen molar-refractivity contribution in [1.29, 1.82) is 0 Å². The Hall–Kier alpha value is -1.38. The van der Waals surface area contributed by atoms with Crippen LogP contribution in [0.25, 0.3) is 0 Å². The average molecular weight is 312 g/mol. The maximum absolute atomic E-state index is 12.8. The highest BCUT2D eigenvalue weighted by Crippen LogP contribution is 2.39. The molecular formula is C12H16N4O2S2. The maximum atomic E-state index is 12.8. The molecule has 3 rings (SSSR count). The Morgan fingerprint density at radius 3 is 2.90 bits per heavy atom. The molecule has 2 aromatic heterocycles. The van der Waals surface area contributed by atoms with Gasteiger partial charge in [-0.25, -0.2) is 8.42 Å². The van der Waals surface area contributed by atoms with Crippen molar-refractivity contribution >= 4 is 27.2 Å². The van der Waals surface area contributed by atoms with E-state index in [9.17, 15) is 8.42 Å². The highest BCUT2D eigenvalue weighted by molar-refractivity contribution is 7.89. The largest absolute Gasteiger partial charge is 0.381 e. The molecule has 0 aromatic carbocycles. The molecule has 1 unspecified atom stereocenters. The highest BCUT2D eigenvalue weighted by atomic mass is 32.2. The Morgan fingerprint density at radius 2 is 2.30 bits per heavy atom. The summed E-state index contributed by atoms with van der Waals surface area (Å²) >= 11 is 1.59. The van der Waals surface area contributed by atoms with Crippen LogP contribution in [0.4, 0.5) is 5.82 Å². The third kappa shape index (κ3) is 2.13. The second-order valence-corrected chi connectivity index (χ2v) is 7.68. The molecule has 2 aromatic rings. The van der Waals surface area contributed by atoms with E-state index in [2.05, 4.69) is 5.10 Å². The summed E-state index contributed by atoms with van der Waals surface area (Å²) in [7, 11) is -1.93. The van der Waals surface area contributed by atoms with Gasteiger partial charge in [0, 0.05) is 24.7 Å². The van der Waals surface area contributed by atoms with Crippen LogP contribution in [-0.4, -0.2) is 29.0 Å². The molecule has 0 saturated carbocycles. The van der Waals surface area contributed by atoms with Crippen LogP contribution in [0.2, 0.25) is 0 Å². The number of nitrogens with two attached hydrogens (primary N) is 1. The van der Waals surface area contributed by atoms with Crippen molar-refractivity contribution in [2.24, 2.45) is 7.05 Å².